The molecule has 0 atom stereocenters. The number of aliphatic imine (C=N–C) groups is 1. The SMILES string of the molecule is CC(=NC(c1ccccc1)c1ccccc1)c1cc(C)ccc1C. The minimum Gasteiger partial charge on any atom is -0.277 e. The zero-order chi connectivity index (χ0) is 16.9. The summed E-state index contributed by atoms with van der Waals surface area (Å²) >= 11 is 0. The molecule has 0 N–H and O–H groups in total. The van der Waals surface area contributed by atoms with Gasteiger partial charge in [-0.15, -0.1) is 0 Å². The first-order chi connectivity index (χ1) is 11.6. The van der Waals surface area contributed by atoms with Gasteiger partial charge in [0.1, 0.15) is 6.04 Å². The van der Waals surface area contributed by atoms with Crippen LogP contribution >= 0.6 is 0 Å². The van der Waals surface area contributed by atoms with E-state index in [1.165, 1.54) is 27.8 Å². The molecule has 0 aliphatic heterocycles. The van der Waals surface area contributed by atoms with Crippen LogP contribution in [0.15, 0.2) is 83.9 Å². The summed E-state index contributed by atoms with van der Waals surface area (Å²) in [6.07, 6.45) is 0. The molecule has 0 fully saturated rings. The molecule has 0 aliphatic carbocycles. The number of nitrogens with zero attached hydrogens (tertiary/aromatic N) is 1. The Bertz CT molecular complexity index is 793. The van der Waals surface area contributed by atoms with Crippen molar-refractivity contribution >= 4 is 5.71 Å². The second kappa shape index (κ2) is 7.27. The van der Waals surface area contributed by atoms with Gasteiger partial charge in [0.25, 0.3) is 0 Å². The van der Waals surface area contributed by atoms with E-state index in [4.69, 9.17) is 4.99 Å². The van der Waals surface area contributed by atoms with Gasteiger partial charge in [-0.2, -0.15) is 0 Å². The van der Waals surface area contributed by atoms with Crippen molar-refractivity contribution in [1.29, 1.82) is 0 Å². The summed E-state index contributed by atoms with van der Waals surface area (Å²) in [5.41, 5.74) is 7.27. The molecule has 120 valence electrons. The summed E-state index contributed by atoms with van der Waals surface area (Å²) in [6.45, 7) is 6.39. The van der Waals surface area contributed by atoms with Crippen LogP contribution in [-0.2, 0) is 0 Å². The van der Waals surface area contributed by atoms with Gasteiger partial charge in [0.15, 0.2) is 0 Å². The molecule has 1 nitrogen and oxygen atoms in total. The van der Waals surface area contributed by atoms with E-state index >= 15 is 0 Å². The maximum absolute atomic E-state index is 5.11. The Balaban J connectivity index is 2.08. The summed E-state index contributed by atoms with van der Waals surface area (Å²) in [5.74, 6) is 0. The van der Waals surface area contributed by atoms with Crippen LogP contribution in [0.5, 0.6) is 0 Å². The van der Waals surface area contributed by atoms with Crippen LogP contribution in [0.1, 0.15) is 40.8 Å². The lowest BCUT2D eigenvalue weighted by atomic mass is 9.97. The first-order valence-corrected chi connectivity index (χ1v) is 8.37. The predicted molar refractivity (Wildman–Crippen MR) is 103 cm³/mol. The Labute approximate surface area is 144 Å². The predicted octanol–water partition coefficient (Wildman–Crippen LogP) is 5.90. The molecular formula is C23H23N. The van der Waals surface area contributed by atoms with E-state index in [9.17, 15) is 0 Å². The molecule has 0 saturated heterocycles. The van der Waals surface area contributed by atoms with E-state index in [0.29, 0.717) is 0 Å². The minimum absolute atomic E-state index is 0.0207. The average Bonchev–Trinajstić information content (AvgIpc) is 2.63. The molecule has 24 heavy (non-hydrogen) atoms. The Kier molecular flexibility index (Phi) is 4.90. The van der Waals surface area contributed by atoms with Gasteiger partial charge in [-0.3, -0.25) is 4.99 Å². The molecule has 0 aromatic heterocycles. The molecule has 1 heteroatoms. The van der Waals surface area contributed by atoms with E-state index in [2.05, 4.69) is 87.5 Å². The van der Waals surface area contributed by atoms with E-state index in [0.717, 1.165) is 5.71 Å². The summed E-state index contributed by atoms with van der Waals surface area (Å²) in [7, 11) is 0. The van der Waals surface area contributed by atoms with Gasteiger partial charge < -0.3 is 0 Å². The number of rotatable bonds is 4. The summed E-state index contributed by atoms with van der Waals surface area (Å²) in [5, 5.41) is 0. The normalized spacial score (nSPS) is 11.8. The fourth-order valence-electron chi connectivity index (χ4n) is 3.00. The quantitative estimate of drug-likeness (QED) is 0.532. The maximum atomic E-state index is 5.11. The molecule has 0 saturated carbocycles. The lowest BCUT2D eigenvalue weighted by Crippen LogP contribution is -2.05. The molecule has 3 rings (SSSR count). The van der Waals surface area contributed by atoms with Crippen molar-refractivity contribution in [2.75, 3.05) is 0 Å². The third-order valence-electron chi connectivity index (χ3n) is 4.34. The van der Waals surface area contributed by atoms with Crippen molar-refractivity contribution in [3.63, 3.8) is 0 Å². The zero-order valence-corrected chi connectivity index (χ0v) is 14.5. The fourth-order valence-corrected chi connectivity index (χ4v) is 3.00. The van der Waals surface area contributed by atoms with Gasteiger partial charge in [-0.25, -0.2) is 0 Å². The minimum atomic E-state index is 0.0207. The van der Waals surface area contributed by atoms with Gasteiger partial charge in [0.2, 0.25) is 0 Å². The number of hydrogen-bond donors (Lipinski definition) is 0. The topological polar surface area (TPSA) is 12.4 Å². The van der Waals surface area contributed by atoms with Crippen LogP contribution in [0.4, 0.5) is 0 Å². The third-order valence-corrected chi connectivity index (χ3v) is 4.34. The summed E-state index contributed by atoms with van der Waals surface area (Å²) < 4.78 is 0. The van der Waals surface area contributed by atoms with Crippen LogP contribution in [0.25, 0.3) is 0 Å². The van der Waals surface area contributed by atoms with E-state index in [1.54, 1.807) is 0 Å². The lowest BCUT2D eigenvalue weighted by molar-refractivity contribution is 0.871. The molecule has 0 unspecified atom stereocenters. The summed E-state index contributed by atoms with van der Waals surface area (Å²) in [6, 6.07) is 27.6. The highest BCUT2D eigenvalue weighted by Crippen LogP contribution is 2.27. The van der Waals surface area contributed by atoms with Crippen LogP contribution < -0.4 is 0 Å². The molecule has 0 bridgehead atoms. The van der Waals surface area contributed by atoms with Crippen molar-refractivity contribution in [2.45, 2.75) is 26.8 Å². The Morgan fingerprint density at radius 2 is 1.29 bits per heavy atom. The highest BCUT2D eigenvalue weighted by atomic mass is 14.8. The van der Waals surface area contributed by atoms with E-state index in [-0.39, 0.29) is 6.04 Å². The second-order valence-electron chi connectivity index (χ2n) is 6.26. The van der Waals surface area contributed by atoms with Gasteiger partial charge in [-0.1, -0.05) is 78.4 Å². The van der Waals surface area contributed by atoms with E-state index in [1.807, 2.05) is 12.1 Å². The number of aryl methyl sites for hydroxylation is 2. The smallest absolute Gasteiger partial charge is 0.100 e. The van der Waals surface area contributed by atoms with Crippen molar-refractivity contribution in [1.82, 2.24) is 0 Å². The highest BCUT2D eigenvalue weighted by Gasteiger charge is 2.13. The molecular weight excluding hydrogens is 290 g/mol. The van der Waals surface area contributed by atoms with Gasteiger partial charge in [0, 0.05) is 5.71 Å². The first-order valence-electron chi connectivity index (χ1n) is 8.37. The molecule has 0 heterocycles. The molecule has 3 aromatic carbocycles. The standard InChI is InChI=1S/C23H23N/c1-17-14-15-18(2)22(16-17)19(3)24-23(20-10-6-4-7-11-20)21-12-8-5-9-13-21/h4-16,23H,1-3H3. The monoisotopic (exact) mass is 313 g/mol. The zero-order valence-electron chi connectivity index (χ0n) is 14.5. The average molecular weight is 313 g/mol. The summed E-state index contributed by atoms with van der Waals surface area (Å²) in [4.78, 5) is 5.11. The van der Waals surface area contributed by atoms with Crippen LogP contribution in [0, 0.1) is 13.8 Å². The molecule has 0 amide bonds. The molecule has 0 spiro atoms. The van der Waals surface area contributed by atoms with E-state index < -0.39 is 0 Å². The lowest BCUT2D eigenvalue weighted by Gasteiger charge is -2.16. The Hall–Kier alpha value is -2.67. The third kappa shape index (κ3) is 3.62. The van der Waals surface area contributed by atoms with Gasteiger partial charge in [0.05, 0.1) is 0 Å². The van der Waals surface area contributed by atoms with Crippen molar-refractivity contribution in [3.05, 3.63) is 107 Å². The van der Waals surface area contributed by atoms with Gasteiger partial charge in [-0.05, 0) is 49.1 Å². The van der Waals surface area contributed by atoms with Crippen molar-refractivity contribution in [3.8, 4) is 0 Å². The molecule has 0 aliphatic rings. The Morgan fingerprint density at radius 3 is 1.83 bits per heavy atom. The largest absolute Gasteiger partial charge is 0.277 e. The molecule has 0 radical (unpaired) electrons. The van der Waals surface area contributed by atoms with Crippen molar-refractivity contribution in [2.24, 2.45) is 4.99 Å². The van der Waals surface area contributed by atoms with Crippen LogP contribution in [0.3, 0.4) is 0 Å². The van der Waals surface area contributed by atoms with Crippen LogP contribution in [-0.4, -0.2) is 5.71 Å². The molecule has 3 aromatic rings. The number of hydrogen-bond acceptors (Lipinski definition) is 1. The van der Waals surface area contributed by atoms with Crippen LogP contribution in [0.2, 0.25) is 0 Å². The fraction of sp³-hybridized carbons (Fsp3) is 0.174. The highest BCUT2D eigenvalue weighted by molar-refractivity contribution is 6.00. The first kappa shape index (κ1) is 16.2. The maximum Gasteiger partial charge on any atom is 0.100 e. The van der Waals surface area contributed by atoms with Crippen molar-refractivity contribution < 1.29 is 0 Å². The number of benzene rings is 3. The van der Waals surface area contributed by atoms with Gasteiger partial charge >= 0.3 is 0 Å². The Morgan fingerprint density at radius 1 is 0.750 bits per heavy atom. The second-order valence-corrected chi connectivity index (χ2v) is 6.26.